The SMILES string of the molecule is O.[Al+3].[Na+].[O-][Si]([O-])([O-])O.[OH-]. The maximum atomic E-state index is 8.69. The van der Waals surface area contributed by atoms with E-state index in [1.165, 1.54) is 0 Å². The molecule has 0 aromatic rings. The van der Waals surface area contributed by atoms with Gasteiger partial charge in [0.25, 0.3) is 0 Å². The van der Waals surface area contributed by atoms with Gasteiger partial charge in [-0.1, -0.05) is 0 Å². The largest absolute Gasteiger partial charge is 3.00 e. The van der Waals surface area contributed by atoms with Crippen molar-refractivity contribution in [3.63, 3.8) is 0 Å². The second-order valence-corrected chi connectivity index (χ2v) is 1.57. The molecule has 0 aromatic heterocycles. The first kappa shape index (κ1) is 31.3. The first-order valence-corrected chi connectivity index (χ1v) is 2.51. The van der Waals surface area contributed by atoms with Gasteiger partial charge >= 0.3 is 46.9 Å². The molecule has 0 saturated heterocycles. The second kappa shape index (κ2) is 12.2. The minimum Gasteiger partial charge on any atom is -0.870 e. The first-order chi connectivity index (χ1) is 2.00. The molecule has 0 atom stereocenters. The zero-order valence-corrected chi connectivity index (χ0v) is 8.85. The van der Waals surface area contributed by atoms with Crippen LogP contribution in [0, 0.1) is 0 Å². The standard InChI is InChI=1S/Al.Na.HO4Si.2H2O/c;;1-5(2,3)4;;/h;;1H;2*1H2/q+3;+1;-3;;/p-1. The third-order valence-electron chi connectivity index (χ3n) is 0. The monoisotopic (exact) mass is 178 g/mol. The Bertz CT molecular complexity index is 28.5. The van der Waals surface area contributed by atoms with Crippen molar-refractivity contribution in [1.29, 1.82) is 0 Å². The van der Waals surface area contributed by atoms with E-state index in [-0.39, 0.29) is 57.9 Å². The molecular formula is H4AlNaO6Si. The Hall–Kier alpha value is 1.51. The molecule has 0 amide bonds. The zero-order valence-electron chi connectivity index (χ0n) is 4.70. The second-order valence-electron chi connectivity index (χ2n) is 0.524. The molecule has 9 heteroatoms. The normalized spacial score (nSPS) is 6.67. The van der Waals surface area contributed by atoms with E-state index in [2.05, 4.69) is 0 Å². The molecule has 0 aliphatic heterocycles. The molecule has 0 radical (unpaired) electrons. The summed E-state index contributed by atoms with van der Waals surface area (Å²) in [6.45, 7) is 0. The third kappa shape index (κ3) is 235. The van der Waals surface area contributed by atoms with Crippen LogP contribution in [0.25, 0.3) is 0 Å². The summed E-state index contributed by atoms with van der Waals surface area (Å²) in [5.74, 6) is 0. The van der Waals surface area contributed by atoms with E-state index >= 15 is 0 Å². The van der Waals surface area contributed by atoms with E-state index in [0.29, 0.717) is 0 Å². The van der Waals surface area contributed by atoms with Crippen molar-refractivity contribution in [2.75, 3.05) is 0 Å². The molecule has 0 saturated carbocycles. The van der Waals surface area contributed by atoms with E-state index in [0.717, 1.165) is 0 Å². The molecule has 0 bridgehead atoms. The maximum absolute atomic E-state index is 8.69. The summed E-state index contributed by atoms with van der Waals surface area (Å²) >= 11 is 0. The summed E-state index contributed by atoms with van der Waals surface area (Å²) < 4.78 is 0. The molecule has 0 aliphatic rings. The van der Waals surface area contributed by atoms with Crippen molar-refractivity contribution in [2.45, 2.75) is 0 Å². The Morgan fingerprint density at radius 2 is 1.11 bits per heavy atom. The quantitative estimate of drug-likeness (QED) is 0.365. The van der Waals surface area contributed by atoms with Gasteiger partial charge in [0.2, 0.25) is 0 Å². The predicted octanol–water partition coefficient (Wildman–Crippen LogP) is -8.88. The van der Waals surface area contributed by atoms with Crippen LogP contribution >= 0.6 is 0 Å². The number of hydrogen-bond acceptors (Lipinski definition) is 5. The Labute approximate surface area is 85.7 Å². The van der Waals surface area contributed by atoms with E-state index in [1.54, 1.807) is 0 Å². The molecule has 48 valence electrons. The zero-order chi connectivity index (χ0) is 4.50. The maximum Gasteiger partial charge on any atom is 3.00 e. The summed E-state index contributed by atoms with van der Waals surface area (Å²) in [5, 5.41) is 0. The Morgan fingerprint density at radius 1 is 1.11 bits per heavy atom. The molecule has 0 spiro atoms. The fourth-order valence-electron chi connectivity index (χ4n) is 0. The fraction of sp³-hybridized carbons (Fsp3) is 0. The molecule has 0 aliphatic carbocycles. The van der Waals surface area contributed by atoms with Gasteiger partial charge < -0.3 is 30.1 Å². The van der Waals surface area contributed by atoms with E-state index in [9.17, 15) is 0 Å². The molecule has 4 N–H and O–H groups in total. The molecule has 0 heterocycles. The van der Waals surface area contributed by atoms with Gasteiger partial charge in [0.1, 0.15) is 0 Å². The minimum absolute atomic E-state index is 0. The third-order valence-corrected chi connectivity index (χ3v) is 0. The molecule has 0 unspecified atom stereocenters. The van der Waals surface area contributed by atoms with Crippen molar-refractivity contribution in [1.82, 2.24) is 0 Å². The topological polar surface area (TPSA) is 151 Å². The molecule has 0 fully saturated rings. The molecule has 0 aromatic carbocycles. The van der Waals surface area contributed by atoms with Crippen LogP contribution in [-0.2, 0) is 0 Å². The van der Waals surface area contributed by atoms with Gasteiger partial charge in [0.15, 0.2) is 0 Å². The van der Waals surface area contributed by atoms with Crippen LogP contribution < -0.4 is 43.9 Å². The summed E-state index contributed by atoms with van der Waals surface area (Å²) in [6, 6.07) is 0. The van der Waals surface area contributed by atoms with Gasteiger partial charge in [0, 0.05) is 0 Å². The number of rotatable bonds is 0. The van der Waals surface area contributed by atoms with Gasteiger partial charge in [-0.25, -0.2) is 0 Å². The van der Waals surface area contributed by atoms with Crippen molar-refractivity contribution < 1.29 is 59.7 Å². The Balaban J connectivity index is -0.0000000133. The van der Waals surface area contributed by atoms with Gasteiger partial charge in [-0.3, -0.25) is 0 Å². The molecular weight excluding hydrogens is 174 g/mol. The minimum atomic E-state index is -5.36. The van der Waals surface area contributed by atoms with Crippen LogP contribution in [-0.4, -0.2) is 42.2 Å². The van der Waals surface area contributed by atoms with E-state index in [1.807, 2.05) is 0 Å². The van der Waals surface area contributed by atoms with Crippen molar-refractivity contribution in [3.8, 4) is 0 Å². The smallest absolute Gasteiger partial charge is 0.870 e. The van der Waals surface area contributed by atoms with Crippen LogP contribution in [0.4, 0.5) is 0 Å². The average molecular weight is 178 g/mol. The van der Waals surface area contributed by atoms with Gasteiger partial charge in [0.05, 0.1) is 0 Å². The van der Waals surface area contributed by atoms with E-state index < -0.39 is 9.05 Å². The fourth-order valence-corrected chi connectivity index (χ4v) is 0. The van der Waals surface area contributed by atoms with Gasteiger partial charge in [-0.15, -0.1) is 9.05 Å². The molecule has 6 nitrogen and oxygen atoms in total. The van der Waals surface area contributed by atoms with Gasteiger partial charge in [-0.05, 0) is 0 Å². The van der Waals surface area contributed by atoms with Crippen LogP contribution in [0.2, 0.25) is 0 Å². The van der Waals surface area contributed by atoms with Gasteiger partial charge in [-0.2, -0.15) is 0 Å². The van der Waals surface area contributed by atoms with Crippen LogP contribution in [0.15, 0.2) is 0 Å². The number of hydrogen-bond donors (Lipinski definition) is 1. The van der Waals surface area contributed by atoms with E-state index in [4.69, 9.17) is 19.2 Å². The van der Waals surface area contributed by atoms with Crippen LogP contribution in [0.1, 0.15) is 0 Å². The summed E-state index contributed by atoms with van der Waals surface area (Å²) in [6.07, 6.45) is 0. The Morgan fingerprint density at radius 3 is 1.11 bits per heavy atom. The first-order valence-electron chi connectivity index (χ1n) is 0.836. The van der Waals surface area contributed by atoms with Crippen LogP contribution in [0.3, 0.4) is 0 Å². The molecule has 0 rings (SSSR count). The van der Waals surface area contributed by atoms with Crippen molar-refractivity contribution >= 4 is 26.4 Å². The van der Waals surface area contributed by atoms with Crippen LogP contribution in [0.5, 0.6) is 0 Å². The summed E-state index contributed by atoms with van der Waals surface area (Å²) in [5.41, 5.74) is 0. The molecule has 9 heavy (non-hydrogen) atoms. The van der Waals surface area contributed by atoms with Crippen molar-refractivity contribution in [2.24, 2.45) is 0 Å². The predicted molar refractivity (Wildman–Crippen MR) is 19.3 cm³/mol. The summed E-state index contributed by atoms with van der Waals surface area (Å²) in [4.78, 5) is 33.1. The summed E-state index contributed by atoms with van der Waals surface area (Å²) in [7, 11) is -5.36. The van der Waals surface area contributed by atoms with Crippen molar-refractivity contribution in [3.05, 3.63) is 0 Å². The Kier molecular flexibility index (Phi) is 42.5. The average Bonchev–Trinajstić information content (AvgIpc) is 0.722.